The Hall–Kier alpha value is -1.98. The molecule has 0 amide bonds. The number of nitrogens with one attached hydrogen (secondary N) is 1. The lowest BCUT2D eigenvalue weighted by Crippen LogP contribution is -2.27. The Morgan fingerprint density at radius 3 is 2.68 bits per heavy atom. The Labute approximate surface area is 130 Å². The number of aliphatic hydroxyl groups excluding tert-OH is 1. The van der Waals surface area contributed by atoms with Gasteiger partial charge in [0.15, 0.2) is 0 Å². The second-order valence-electron chi connectivity index (χ2n) is 5.23. The first-order chi connectivity index (χ1) is 10.6. The maximum Gasteiger partial charge on any atom is 0.132 e. The van der Waals surface area contributed by atoms with E-state index in [0.717, 1.165) is 17.1 Å². The van der Waals surface area contributed by atoms with Crippen LogP contribution in [0.3, 0.4) is 0 Å². The summed E-state index contributed by atoms with van der Waals surface area (Å²) in [5.41, 5.74) is 1.04. The van der Waals surface area contributed by atoms with Gasteiger partial charge < -0.3 is 24.3 Å². The Kier molecular flexibility index (Phi) is 5.86. The summed E-state index contributed by atoms with van der Waals surface area (Å²) < 4.78 is 15.8. The number of hydrogen-bond donors (Lipinski definition) is 2. The molecule has 0 fully saturated rings. The van der Waals surface area contributed by atoms with Crippen LogP contribution in [0.15, 0.2) is 41.0 Å². The molecule has 5 nitrogen and oxygen atoms in total. The van der Waals surface area contributed by atoms with Gasteiger partial charge in [0.2, 0.25) is 0 Å². The monoisotopic (exact) mass is 305 g/mol. The van der Waals surface area contributed by atoms with Crippen molar-refractivity contribution in [1.82, 2.24) is 5.32 Å². The summed E-state index contributed by atoms with van der Waals surface area (Å²) >= 11 is 0. The quantitative estimate of drug-likeness (QED) is 0.785. The van der Waals surface area contributed by atoms with Crippen molar-refractivity contribution in [3.63, 3.8) is 0 Å². The van der Waals surface area contributed by atoms with Crippen molar-refractivity contribution in [2.24, 2.45) is 0 Å². The van der Waals surface area contributed by atoms with Crippen LogP contribution in [0, 0.1) is 0 Å². The number of benzene rings is 1. The highest BCUT2D eigenvalue weighted by Crippen LogP contribution is 2.25. The zero-order chi connectivity index (χ0) is 15.9. The highest BCUT2D eigenvalue weighted by molar-refractivity contribution is 5.40. The lowest BCUT2D eigenvalue weighted by molar-refractivity contribution is 0.128. The van der Waals surface area contributed by atoms with Gasteiger partial charge in [-0.1, -0.05) is 6.07 Å². The number of hydrogen-bond acceptors (Lipinski definition) is 5. The smallest absolute Gasteiger partial charge is 0.132 e. The molecule has 0 aliphatic heterocycles. The zero-order valence-corrected chi connectivity index (χ0v) is 13.2. The third kappa shape index (κ3) is 4.26. The van der Waals surface area contributed by atoms with E-state index in [-0.39, 0.29) is 6.04 Å². The van der Waals surface area contributed by atoms with Crippen molar-refractivity contribution in [3.8, 4) is 11.5 Å². The third-order valence-electron chi connectivity index (χ3n) is 3.58. The molecule has 2 aromatic rings. The molecular weight excluding hydrogens is 282 g/mol. The van der Waals surface area contributed by atoms with Gasteiger partial charge in [0, 0.05) is 24.2 Å². The molecule has 0 radical (unpaired) electrons. The first-order valence-electron chi connectivity index (χ1n) is 7.29. The van der Waals surface area contributed by atoms with Gasteiger partial charge in [-0.25, -0.2) is 0 Å². The SMILES string of the molecule is COc1ccc(CNC(C)CC(O)c2ccco2)c(OC)c1. The molecule has 0 spiro atoms. The Morgan fingerprint density at radius 2 is 2.05 bits per heavy atom. The van der Waals surface area contributed by atoms with E-state index in [0.29, 0.717) is 18.7 Å². The molecule has 2 atom stereocenters. The molecule has 1 aromatic heterocycles. The van der Waals surface area contributed by atoms with Gasteiger partial charge in [-0.2, -0.15) is 0 Å². The second-order valence-corrected chi connectivity index (χ2v) is 5.23. The lowest BCUT2D eigenvalue weighted by atomic mass is 10.1. The molecule has 0 aliphatic carbocycles. The molecule has 2 rings (SSSR count). The molecule has 22 heavy (non-hydrogen) atoms. The molecular formula is C17H23NO4. The number of aliphatic hydroxyl groups is 1. The second kappa shape index (κ2) is 7.87. The first-order valence-corrected chi connectivity index (χ1v) is 7.29. The van der Waals surface area contributed by atoms with Gasteiger partial charge in [0.25, 0.3) is 0 Å². The normalized spacial score (nSPS) is 13.6. The molecule has 0 aliphatic rings. The van der Waals surface area contributed by atoms with Crippen molar-refractivity contribution in [3.05, 3.63) is 47.9 Å². The fraction of sp³-hybridized carbons (Fsp3) is 0.412. The van der Waals surface area contributed by atoms with Crippen LogP contribution in [0.1, 0.15) is 30.8 Å². The average Bonchev–Trinajstić information content (AvgIpc) is 3.07. The van der Waals surface area contributed by atoms with Gasteiger partial charge >= 0.3 is 0 Å². The predicted octanol–water partition coefficient (Wildman–Crippen LogP) is 2.90. The van der Waals surface area contributed by atoms with E-state index >= 15 is 0 Å². The van der Waals surface area contributed by atoms with Gasteiger partial charge in [0.05, 0.1) is 20.5 Å². The van der Waals surface area contributed by atoms with E-state index in [2.05, 4.69) is 5.32 Å². The zero-order valence-electron chi connectivity index (χ0n) is 13.2. The van der Waals surface area contributed by atoms with Gasteiger partial charge in [-0.15, -0.1) is 0 Å². The van der Waals surface area contributed by atoms with E-state index in [1.54, 1.807) is 32.6 Å². The summed E-state index contributed by atoms with van der Waals surface area (Å²) in [5, 5.41) is 13.5. The third-order valence-corrected chi connectivity index (χ3v) is 3.58. The van der Waals surface area contributed by atoms with Crippen molar-refractivity contribution in [2.75, 3.05) is 14.2 Å². The number of furan rings is 1. The van der Waals surface area contributed by atoms with E-state index in [9.17, 15) is 5.11 Å². The van der Waals surface area contributed by atoms with Gasteiger partial charge in [0.1, 0.15) is 23.4 Å². The molecule has 0 bridgehead atoms. The molecule has 2 unspecified atom stereocenters. The van der Waals surface area contributed by atoms with Crippen molar-refractivity contribution >= 4 is 0 Å². The van der Waals surface area contributed by atoms with Gasteiger partial charge in [-0.05, 0) is 31.5 Å². The molecule has 0 saturated heterocycles. The first kappa shape index (κ1) is 16.4. The molecule has 5 heteroatoms. The van der Waals surface area contributed by atoms with Crippen LogP contribution in [-0.4, -0.2) is 25.4 Å². The number of ether oxygens (including phenoxy) is 2. The lowest BCUT2D eigenvalue weighted by Gasteiger charge is -2.18. The summed E-state index contributed by atoms with van der Waals surface area (Å²) in [6.07, 6.45) is 1.54. The fourth-order valence-corrected chi connectivity index (χ4v) is 2.30. The highest BCUT2D eigenvalue weighted by Gasteiger charge is 2.15. The minimum atomic E-state index is -0.602. The molecule has 0 saturated carbocycles. The fourth-order valence-electron chi connectivity index (χ4n) is 2.30. The van der Waals surface area contributed by atoms with Crippen LogP contribution in [0.2, 0.25) is 0 Å². The summed E-state index contributed by atoms with van der Waals surface area (Å²) in [4.78, 5) is 0. The van der Waals surface area contributed by atoms with Crippen molar-refractivity contribution in [1.29, 1.82) is 0 Å². The Bertz CT molecular complexity index is 568. The summed E-state index contributed by atoms with van der Waals surface area (Å²) in [5.74, 6) is 2.14. The molecule has 1 aromatic carbocycles. The van der Waals surface area contributed by atoms with Crippen LogP contribution in [-0.2, 0) is 6.54 Å². The molecule has 120 valence electrons. The molecule has 1 heterocycles. The van der Waals surface area contributed by atoms with E-state index in [1.165, 1.54) is 0 Å². The predicted molar refractivity (Wildman–Crippen MR) is 84.1 cm³/mol. The largest absolute Gasteiger partial charge is 0.497 e. The van der Waals surface area contributed by atoms with Gasteiger partial charge in [-0.3, -0.25) is 0 Å². The van der Waals surface area contributed by atoms with Crippen LogP contribution in [0.5, 0.6) is 11.5 Å². The van der Waals surface area contributed by atoms with E-state index in [1.807, 2.05) is 25.1 Å². The van der Waals surface area contributed by atoms with Crippen LogP contribution in [0.25, 0.3) is 0 Å². The minimum Gasteiger partial charge on any atom is -0.497 e. The maximum atomic E-state index is 10.1. The molecule has 2 N–H and O–H groups in total. The Balaban J connectivity index is 1.89. The van der Waals surface area contributed by atoms with Crippen molar-refractivity contribution < 1.29 is 19.0 Å². The summed E-state index contributed by atoms with van der Waals surface area (Å²) in [6.45, 7) is 2.68. The minimum absolute atomic E-state index is 0.131. The maximum absolute atomic E-state index is 10.1. The van der Waals surface area contributed by atoms with Crippen LogP contribution < -0.4 is 14.8 Å². The average molecular weight is 305 g/mol. The standard InChI is InChI=1S/C17H23NO4/c1-12(9-15(19)16-5-4-8-22-16)18-11-13-6-7-14(20-2)10-17(13)21-3/h4-8,10,12,15,18-19H,9,11H2,1-3H3. The summed E-state index contributed by atoms with van der Waals surface area (Å²) in [6, 6.07) is 9.43. The number of rotatable bonds is 8. The van der Waals surface area contributed by atoms with Crippen LogP contribution in [0.4, 0.5) is 0 Å². The Morgan fingerprint density at radius 1 is 1.23 bits per heavy atom. The number of methoxy groups -OCH3 is 2. The van der Waals surface area contributed by atoms with E-state index in [4.69, 9.17) is 13.9 Å². The summed E-state index contributed by atoms with van der Waals surface area (Å²) in [7, 11) is 3.27. The topological polar surface area (TPSA) is 63.9 Å². The highest BCUT2D eigenvalue weighted by atomic mass is 16.5. The van der Waals surface area contributed by atoms with E-state index < -0.39 is 6.10 Å². The van der Waals surface area contributed by atoms with Crippen LogP contribution >= 0.6 is 0 Å². The van der Waals surface area contributed by atoms with Crippen molar-refractivity contribution in [2.45, 2.75) is 32.0 Å².